The van der Waals surface area contributed by atoms with Gasteiger partial charge in [0, 0.05) is 32.2 Å². The van der Waals surface area contributed by atoms with Crippen LogP contribution in [0.1, 0.15) is 99.1 Å². The molecule has 63 heavy (non-hydrogen) atoms. The number of hydrogen-bond acceptors (Lipinski definition) is 7. The molecule has 6 amide bonds. The number of aryl methyl sites for hydroxylation is 2. The molecule has 11 N–H and O–H groups in total. The zero-order valence-corrected chi connectivity index (χ0v) is 37.1. The number of hydrogen-bond donors (Lipinski definition) is 8. The average molecular weight is 864 g/mol. The van der Waals surface area contributed by atoms with E-state index in [-0.39, 0.29) is 56.9 Å². The SMILES string of the molecule is C/C=C(/C[C@H](NC(=O)[C@H](CCCN=C(N)N)NC(=O)[C@@H](Cc1ccccc1)NC(=O)C1(NC(=O)CCCC)CCc2c(CC)cccc2C1)C(=O)NCC(N)=O)c1ccccc1C. The maximum Gasteiger partial charge on any atom is 0.246 e. The number of nitrogens with two attached hydrogens (primary N) is 3. The highest BCUT2D eigenvalue weighted by molar-refractivity contribution is 5.98. The fourth-order valence-electron chi connectivity index (χ4n) is 8.00. The van der Waals surface area contributed by atoms with Gasteiger partial charge in [-0.1, -0.05) is 99.1 Å². The van der Waals surface area contributed by atoms with Crippen LogP contribution >= 0.6 is 0 Å². The summed E-state index contributed by atoms with van der Waals surface area (Å²) in [6.45, 7) is 7.53. The Kier molecular flexibility index (Phi) is 18.9. The van der Waals surface area contributed by atoms with Gasteiger partial charge in [-0.25, -0.2) is 0 Å². The van der Waals surface area contributed by atoms with Gasteiger partial charge in [0.2, 0.25) is 35.4 Å². The number of nitrogens with one attached hydrogen (secondary N) is 5. The number of carbonyl (C=O) groups excluding carboxylic acids is 6. The van der Waals surface area contributed by atoms with Crippen molar-refractivity contribution in [2.45, 2.75) is 122 Å². The molecule has 3 aromatic rings. The third kappa shape index (κ3) is 14.5. The Morgan fingerprint density at radius 1 is 0.810 bits per heavy atom. The molecule has 0 saturated heterocycles. The molecule has 15 nitrogen and oxygen atoms in total. The molecule has 0 heterocycles. The van der Waals surface area contributed by atoms with Crippen LogP contribution in [0.2, 0.25) is 0 Å². The lowest BCUT2D eigenvalue weighted by molar-refractivity contribution is -0.137. The molecule has 1 aliphatic rings. The van der Waals surface area contributed by atoms with Gasteiger partial charge in [-0.3, -0.25) is 33.8 Å². The van der Waals surface area contributed by atoms with Crippen LogP contribution in [0.4, 0.5) is 0 Å². The summed E-state index contributed by atoms with van der Waals surface area (Å²) in [6.07, 6.45) is 5.94. The minimum atomic E-state index is -1.34. The second-order valence-electron chi connectivity index (χ2n) is 16.1. The molecule has 0 saturated carbocycles. The molecule has 1 aliphatic carbocycles. The summed E-state index contributed by atoms with van der Waals surface area (Å²) in [5.74, 6) is -3.66. The number of unbranched alkanes of at least 4 members (excludes halogenated alkanes) is 1. The van der Waals surface area contributed by atoms with Gasteiger partial charge in [0.1, 0.15) is 23.7 Å². The third-order valence-corrected chi connectivity index (χ3v) is 11.4. The van der Waals surface area contributed by atoms with Crippen LogP contribution in [0.25, 0.3) is 5.57 Å². The number of aliphatic imine (C=N–C) groups is 1. The standard InChI is InChI=1S/C48H65N9O6/c1-5-8-23-42(59)57-48(25-24-37-33(6-2)19-14-20-35(37)29-48)46(63)56-39(27-32-17-10-9-11-18-32)45(62)54-38(22-15-26-52-47(50)51)44(61)55-40(43(60)53-30-41(49)58)28-34(7-3)36-21-13-12-16-31(36)4/h7,9-14,16-21,38-40H,5-6,8,15,22-30H2,1-4H3,(H2,49,58)(H,53,60)(H,54,62)(H,55,61)(H,56,63)(H,57,59)(H4,50,51,52)/b34-7-/t38-,39+,40-,48?/m0/s1. The van der Waals surface area contributed by atoms with Crippen molar-refractivity contribution in [2.24, 2.45) is 22.2 Å². The van der Waals surface area contributed by atoms with E-state index in [2.05, 4.69) is 44.6 Å². The first-order valence-corrected chi connectivity index (χ1v) is 21.9. The highest BCUT2D eigenvalue weighted by Gasteiger charge is 2.44. The summed E-state index contributed by atoms with van der Waals surface area (Å²) in [7, 11) is 0. The maximum atomic E-state index is 14.8. The first-order chi connectivity index (χ1) is 30.2. The molecule has 1 unspecified atom stereocenters. The zero-order chi connectivity index (χ0) is 45.9. The van der Waals surface area contributed by atoms with E-state index in [1.807, 2.05) is 93.6 Å². The number of allylic oxidation sites excluding steroid dienone is 1. The molecule has 0 spiro atoms. The second kappa shape index (κ2) is 24.2. The van der Waals surface area contributed by atoms with Crippen molar-refractivity contribution in [3.05, 3.63) is 112 Å². The van der Waals surface area contributed by atoms with Crippen molar-refractivity contribution in [2.75, 3.05) is 13.1 Å². The second-order valence-corrected chi connectivity index (χ2v) is 16.1. The molecule has 0 radical (unpaired) electrons. The van der Waals surface area contributed by atoms with Crippen LogP contribution in [-0.4, -0.2) is 78.2 Å². The monoisotopic (exact) mass is 864 g/mol. The molecule has 0 aromatic heterocycles. The van der Waals surface area contributed by atoms with Gasteiger partial charge in [-0.15, -0.1) is 0 Å². The van der Waals surface area contributed by atoms with E-state index in [0.29, 0.717) is 19.3 Å². The first kappa shape index (κ1) is 49.1. The lowest BCUT2D eigenvalue weighted by atomic mass is 9.75. The number of primary amides is 1. The molecule has 0 aliphatic heterocycles. The van der Waals surface area contributed by atoms with Gasteiger partial charge in [0.05, 0.1) is 6.54 Å². The predicted molar refractivity (Wildman–Crippen MR) is 246 cm³/mol. The van der Waals surface area contributed by atoms with Crippen molar-refractivity contribution in [3.63, 3.8) is 0 Å². The number of fused-ring (bicyclic) bond motifs is 1. The highest BCUT2D eigenvalue weighted by atomic mass is 16.2. The molecule has 0 bridgehead atoms. The Bertz CT molecular complexity index is 2130. The molecule has 4 atom stereocenters. The molecule has 4 rings (SSSR count). The number of amides is 6. The minimum Gasteiger partial charge on any atom is -0.370 e. The van der Waals surface area contributed by atoms with Crippen LogP contribution in [0, 0.1) is 6.92 Å². The van der Waals surface area contributed by atoms with Gasteiger partial charge in [-0.2, -0.15) is 0 Å². The average Bonchev–Trinajstić information content (AvgIpc) is 3.26. The van der Waals surface area contributed by atoms with Gasteiger partial charge in [-0.05, 0) is 91.3 Å². The van der Waals surface area contributed by atoms with Gasteiger partial charge in [0.25, 0.3) is 0 Å². The Balaban J connectivity index is 1.68. The largest absolute Gasteiger partial charge is 0.370 e. The van der Waals surface area contributed by atoms with Crippen LogP contribution < -0.4 is 43.8 Å². The summed E-state index contributed by atoms with van der Waals surface area (Å²) in [6, 6.07) is 19.2. The Morgan fingerprint density at radius 2 is 1.51 bits per heavy atom. The van der Waals surface area contributed by atoms with E-state index in [1.54, 1.807) is 0 Å². The zero-order valence-electron chi connectivity index (χ0n) is 37.1. The normalized spacial score (nSPS) is 16.0. The lowest BCUT2D eigenvalue weighted by Crippen LogP contribution is -2.65. The van der Waals surface area contributed by atoms with Crippen LogP contribution in [0.5, 0.6) is 0 Å². The summed E-state index contributed by atoms with van der Waals surface area (Å²) in [4.78, 5) is 86.5. The Labute approximate surface area is 370 Å². The third-order valence-electron chi connectivity index (χ3n) is 11.4. The van der Waals surface area contributed by atoms with Gasteiger partial charge in [0.15, 0.2) is 5.96 Å². The van der Waals surface area contributed by atoms with Crippen molar-refractivity contribution >= 4 is 47.0 Å². The van der Waals surface area contributed by atoms with Gasteiger partial charge < -0.3 is 43.8 Å². The maximum absolute atomic E-state index is 14.8. The van der Waals surface area contributed by atoms with E-state index in [4.69, 9.17) is 17.2 Å². The number of carbonyl (C=O) groups is 6. The fraction of sp³-hybridized carbons (Fsp3) is 0.438. The number of benzene rings is 3. The van der Waals surface area contributed by atoms with Crippen molar-refractivity contribution in [1.29, 1.82) is 0 Å². The fourth-order valence-corrected chi connectivity index (χ4v) is 8.00. The van der Waals surface area contributed by atoms with Crippen molar-refractivity contribution in [3.8, 4) is 0 Å². The van der Waals surface area contributed by atoms with Crippen molar-refractivity contribution < 1.29 is 28.8 Å². The smallest absolute Gasteiger partial charge is 0.246 e. The quantitative estimate of drug-likeness (QED) is 0.0399. The molecule has 15 heteroatoms. The van der Waals surface area contributed by atoms with Crippen LogP contribution in [-0.2, 0) is 54.5 Å². The van der Waals surface area contributed by atoms with Gasteiger partial charge >= 0.3 is 0 Å². The van der Waals surface area contributed by atoms with E-state index in [9.17, 15) is 28.8 Å². The lowest BCUT2D eigenvalue weighted by Gasteiger charge is -2.39. The minimum absolute atomic E-state index is 0.0496. The summed E-state index contributed by atoms with van der Waals surface area (Å²) in [5.41, 5.74) is 21.8. The van der Waals surface area contributed by atoms with E-state index >= 15 is 0 Å². The molecule has 0 fully saturated rings. The summed E-state index contributed by atoms with van der Waals surface area (Å²) in [5, 5.41) is 14.3. The Morgan fingerprint density at radius 3 is 2.17 bits per heavy atom. The van der Waals surface area contributed by atoms with E-state index in [1.165, 1.54) is 11.1 Å². The topological polar surface area (TPSA) is 253 Å². The number of nitrogens with zero attached hydrogens (tertiary/aromatic N) is 1. The summed E-state index contributed by atoms with van der Waals surface area (Å²) < 4.78 is 0. The molecule has 338 valence electrons. The first-order valence-electron chi connectivity index (χ1n) is 21.9. The molecule has 3 aromatic carbocycles. The highest BCUT2D eigenvalue weighted by Crippen LogP contribution is 2.32. The van der Waals surface area contributed by atoms with E-state index < -0.39 is 59.7 Å². The molecular formula is C48H65N9O6. The Hall–Kier alpha value is -6.51. The predicted octanol–water partition coefficient (Wildman–Crippen LogP) is 2.94. The van der Waals surface area contributed by atoms with Crippen molar-refractivity contribution in [1.82, 2.24) is 26.6 Å². The van der Waals surface area contributed by atoms with Crippen LogP contribution in [0.15, 0.2) is 83.9 Å². The summed E-state index contributed by atoms with van der Waals surface area (Å²) >= 11 is 0. The van der Waals surface area contributed by atoms with Crippen LogP contribution in [0.3, 0.4) is 0 Å². The molecular weight excluding hydrogens is 799 g/mol. The number of rotatable bonds is 23. The number of guanidine groups is 1. The van der Waals surface area contributed by atoms with E-state index in [0.717, 1.165) is 40.7 Å².